The van der Waals surface area contributed by atoms with Crippen LogP contribution in [-0.4, -0.2) is 109 Å². The second kappa shape index (κ2) is 8.87. The molecule has 11 heteroatoms. The normalized spacial score (nSPS) is 46.8. The molecular formula is C15H26O11. The highest BCUT2D eigenvalue weighted by Gasteiger charge is 2.52. The predicted octanol–water partition coefficient (Wildman–Crippen LogP) is -2.88. The summed E-state index contributed by atoms with van der Waals surface area (Å²) in [4.78, 5) is 11.9. The summed E-state index contributed by atoms with van der Waals surface area (Å²) in [5.74, 6) is -0.923. The van der Waals surface area contributed by atoms with Crippen molar-refractivity contribution in [2.24, 2.45) is 0 Å². The summed E-state index contributed by atoms with van der Waals surface area (Å²) in [6.45, 7) is 1.64. The maximum atomic E-state index is 11.9. The molecule has 2 saturated heterocycles. The van der Waals surface area contributed by atoms with Gasteiger partial charge in [-0.3, -0.25) is 0 Å². The molecule has 0 bridgehead atoms. The van der Waals surface area contributed by atoms with Crippen LogP contribution in [0.5, 0.6) is 0 Å². The van der Waals surface area contributed by atoms with E-state index in [1.54, 1.807) is 6.92 Å². The molecule has 0 aromatic heterocycles. The first-order chi connectivity index (χ1) is 12.3. The minimum atomic E-state index is -1.80. The zero-order valence-corrected chi connectivity index (χ0v) is 14.9. The molecule has 0 unspecified atom stereocenters. The lowest BCUT2D eigenvalue weighted by Crippen LogP contribution is -2.65. The predicted molar refractivity (Wildman–Crippen MR) is 81.7 cm³/mol. The van der Waals surface area contributed by atoms with Gasteiger partial charge >= 0.3 is 5.97 Å². The summed E-state index contributed by atoms with van der Waals surface area (Å²) in [5.41, 5.74) is 0. The summed E-state index contributed by atoms with van der Waals surface area (Å²) in [5, 5.41) is 40.1. The van der Waals surface area contributed by atoms with Crippen molar-refractivity contribution in [1.82, 2.24) is 0 Å². The Hall–Kier alpha value is -0.890. The van der Waals surface area contributed by atoms with E-state index < -0.39 is 67.4 Å². The highest BCUT2D eigenvalue weighted by Crippen LogP contribution is 2.30. The van der Waals surface area contributed by atoms with E-state index in [2.05, 4.69) is 4.74 Å². The van der Waals surface area contributed by atoms with Gasteiger partial charge in [0.15, 0.2) is 18.7 Å². The number of aliphatic hydroxyl groups is 4. The third-order valence-electron chi connectivity index (χ3n) is 4.59. The van der Waals surface area contributed by atoms with Gasteiger partial charge in [-0.1, -0.05) is 0 Å². The standard InChI is InChI=1S/C15H26O11/c1-5-9(21-2)8(18)11(22-3)15(24-5)26-10-6(16)7(17)13(19)25-12(10)14(20)23-4/h5-13,15-19H,1-4H3/t5-,6+,7+,8+,9+,10-,11-,12-,13+,15-/m0/s1. The van der Waals surface area contributed by atoms with E-state index in [1.165, 1.54) is 14.2 Å². The van der Waals surface area contributed by atoms with Crippen molar-refractivity contribution >= 4 is 5.97 Å². The average Bonchev–Trinajstić information content (AvgIpc) is 2.61. The molecule has 11 nitrogen and oxygen atoms in total. The fraction of sp³-hybridized carbons (Fsp3) is 0.933. The monoisotopic (exact) mass is 382 g/mol. The van der Waals surface area contributed by atoms with E-state index in [-0.39, 0.29) is 0 Å². The van der Waals surface area contributed by atoms with Gasteiger partial charge < -0.3 is 48.8 Å². The summed E-state index contributed by atoms with van der Waals surface area (Å²) in [6, 6.07) is 0. The number of esters is 1. The molecule has 2 aliphatic heterocycles. The van der Waals surface area contributed by atoms with Crippen molar-refractivity contribution in [3.8, 4) is 0 Å². The Morgan fingerprint density at radius 2 is 1.46 bits per heavy atom. The molecule has 2 rings (SSSR count). The first kappa shape index (κ1) is 21.4. The summed E-state index contributed by atoms with van der Waals surface area (Å²) >= 11 is 0. The van der Waals surface area contributed by atoms with E-state index >= 15 is 0 Å². The topological polar surface area (TPSA) is 153 Å². The average molecular weight is 382 g/mol. The van der Waals surface area contributed by atoms with Gasteiger partial charge in [-0.15, -0.1) is 0 Å². The number of carbonyl (C=O) groups excluding carboxylic acids is 1. The van der Waals surface area contributed by atoms with Gasteiger partial charge in [0, 0.05) is 14.2 Å². The number of carbonyl (C=O) groups is 1. The van der Waals surface area contributed by atoms with Crippen molar-refractivity contribution in [3.63, 3.8) is 0 Å². The second-order valence-electron chi connectivity index (χ2n) is 6.15. The Balaban J connectivity index is 2.22. The number of aliphatic hydroxyl groups excluding tert-OH is 4. The molecule has 4 N–H and O–H groups in total. The van der Waals surface area contributed by atoms with Crippen LogP contribution >= 0.6 is 0 Å². The molecule has 2 fully saturated rings. The van der Waals surface area contributed by atoms with Gasteiger partial charge in [0.05, 0.1) is 13.2 Å². The van der Waals surface area contributed by atoms with Gasteiger partial charge in [-0.25, -0.2) is 4.79 Å². The van der Waals surface area contributed by atoms with Crippen LogP contribution in [0.15, 0.2) is 0 Å². The Morgan fingerprint density at radius 1 is 0.846 bits per heavy atom. The highest BCUT2D eigenvalue weighted by atomic mass is 16.7. The SMILES string of the molecule is COC(=O)[C@H]1O[C@@H](O)[C@H](O)[C@@H](O)[C@@H]1O[C@@H]1O[C@@H](C)[C@@H](OC)[C@@H](O)[C@@H]1OC. The lowest BCUT2D eigenvalue weighted by Gasteiger charge is -2.46. The first-order valence-electron chi connectivity index (χ1n) is 8.08. The van der Waals surface area contributed by atoms with Crippen LogP contribution in [0.2, 0.25) is 0 Å². The van der Waals surface area contributed by atoms with Crippen LogP contribution in [0, 0.1) is 0 Å². The number of methoxy groups -OCH3 is 3. The lowest BCUT2D eigenvalue weighted by molar-refractivity contribution is -0.350. The van der Waals surface area contributed by atoms with Gasteiger partial charge in [-0.2, -0.15) is 0 Å². The fourth-order valence-electron chi connectivity index (χ4n) is 3.15. The molecule has 0 amide bonds. The molecule has 10 atom stereocenters. The maximum Gasteiger partial charge on any atom is 0.337 e. The molecule has 0 aromatic rings. The smallest absolute Gasteiger partial charge is 0.337 e. The maximum absolute atomic E-state index is 11.9. The van der Waals surface area contributed by atoms with Crippen LogP contribution in [-0.2, 0) is 33.2 Å². The summed E-state index contributed by atoms with van der Waals surface area (Å²) in [6.07, 6.45) is -12.8. The molecule has 26 heavy (non-hydrogen) atoms. The Kier molecular flexibility index (Phi) is 7.30. The Morgan fingerprint density at radius 3 is 2.00 bits per heavy atom. The van der Waals surface area contributed by atoms with E-state index in [4.69, 9.17) is 23.7 Å². The third kappa shape index (κ3) is 4.01. The zero-order valence-electron chi connectivity index (χ0n) is 14.9. The lowest BCUT2D eigenvalue weighted by atomic mass is 9.97. The van der Waals surface area contributed by atoms with Gasteiger partial charge in [0.1, 0.15) is 36.6 Å². The summed E-state index contributed by atoms with van der Waals surface area (Å²) < 4.78 is 31.3. The molecule has 152 valence electrons. The molecule has 2 heterocycles. The third-order valence-corrected chi connectivity index (χ3v) is 4.59. The van der Waals surface area contributed by atoms with Crippen molar-refractivity contribution in [2.75, 3.05) is 21.3 Å². The van der Waals surface area contributed by atoms with Crippen LogP contribution in [0.3, 0.4) is 0 Å². The molecule has 2 aliphatic rings. The minimum Gasteiger partial charge on any atom is -0.467 e. The van der Waals surface area contributed by atoms with E-state index in [0.717, 1.165) is 7.11 Å². The van der Waals surface area contributed by atoms with Crippen molar-refractivity contribution in [1.29, 1.82) is 0 Å². The van der Waals surface area contributed by atoms with Gasteiger partial charge in [-0.05, 0) is 6.92 Å². The number of rotatable bonds is 5. The number of hydrogen-bond acceptors (Lipinski definition) is 11. The number of ether oxygens (including phenoxy) is 6. The quantitative estimate of drug-likeness (QED) is 0.363. The molecule has 0 aliphatic carbocycles. The van der Waals surface area contributed by atoms with E-state index in [0.29, 0.717) is 0 Å². The largest absolute Gasteiger partial charge is 0.467 e. The van der Waals surface area contributed by atoms with Crippen LogP contribution in [0.25, 0.3) is 0 Å². The van der Waals surface area contributed by atoms with E-state index in [9.17, 15) is 25.2 Å². The highest BCUT2D eigenvalue weighted by molar-refractivity contribution is 5.75. The minimum absolute atomic E-state index is 0.597. The Labute approximate surface area is 150 Å². The Bertz CT molecular complexity index is 475. The molecule has 0 aromatic carbocycles. The molecule has 0 saturated carbocycles. The van der Waals surface area contributed by atoms with Crippen LogP contribution in [0.4, 0.5) is 0 Å². The van der Waals surface area contributed by atoms with Crippen molar-refractivity contribution in [2.45, 2.75) is 68.3 Å². The van der Waals surface area contributed by atoms with Gasteiger partial charge in [0.2, 0.25) is 0 Å². The van der Waals surface area contributed by atoms with Crippen LogP contribution < -0.4 is 0 Å². The van der Waals surface area contributed by atoms with Crippen LogP contribution in [0.1, 0.15) is 6.92 Å². The summed E-state index contributed by atoms with van der Waals surface area (Å²) in [7, 11) is 3.82. The van der Waals surface area contributed by atoms with E-state index in [1.807, 2.05) is 0 Å². The van der Waals surface area contributed by atoms with Crippen molar-refractivity contribution in [3.05, 3.63) is 0 Å². The molecule has 0 spiro atoms. The van der Waals surface area contributed by atoms with Gasteiger partial charge in [0.25, 0.3) is 0 Å². The molecular weight excluding hydrogens is 356 g/mol. The zero-order chi connectivity index (χ0) is 19.6. The number of hydrogen-bond donors (Lipinski definition) is 4. The molecule has 0 radical (unpaired) electrons. The second-order valence-corrected chi connectivity index (χ2v) is 6.15. The first-order valence-corrected chi connectivity index (χ1v) is 8.08. The van der Waals surface area contributed by atoms with Crippen molar-refractivity contribution < 1.29 is 53.6 Å². The fourth-order valence-corrected chi connectivity index (χ4v) is 3.15.